The standard InChI is InChI=1S/C13H21N3O/c14-10-11-2-1-3-13(15)12(11)4-5-16-6-8-17-9-7-16/h1-3H,4-10,14-15H2. The second-order valence-corrected chi connectivity index (χ2v) is 4.39. The molecule has 4 heteroatoms. The highest BCUT2D eigenvalue weighted by Crippen LogP contribution is 2.18. The van der Waals surface area contributed by atoms with E-state index >= 15 is 0 Å². The summed E-state index contributed by atoms with van der Waals surface area (Å²) in [6.45, 7) is 5.31. The third-order valence-corrected chi connectivity index (χ3v) is 3.31. The van der Waals surface area contributed by atoms with Crippen LogP contribution in [0, 0.1) is 0 Å². The maximum atomic E-state index is 6.01. The highest BCUT2D eigenvalue weighted by Gasteiger charge is 2.12. The third kappa shape index (κ3) is 3.19. The Kier molecular flexibility index (Phi) is 4.36. The number of rotatable bonds is 4. The van der Waals surface area contributed by atoms with Gasteiger partial charge in [0, 0.05) is 31.9 Å². The van der Waals surface area contributed by atoms with E-state index in [4.69, 9.17) is 16.2 Å². The smallest absolute Gasteiger partial charge is 0.0594 e. The van der Waals surface area contributed by atoms with E-state index in [0.29, 0.717) is 6.54 Å². The Morgan fingerprint density at radius 1 is 1.24 bits per heavy atom. The number of nitrogens with zero attached hydrogens (tertiary/aromatic N) is 1. The molecule has 1 aliphatic heterocycles. The molecule has 0 amide bonds. The maximum Gasteiger partial charge on any atom is 0.0594 e. The molecule has 0 radical (unpaired) electrons. The average molecular weight is 235 g/mol. The van der Waals surface area contributed by atoms with Crippen molar-refractivity contribution in [2.75, 3.05) is 38.6 Å². The van der Waals surface area contributed by atoms with Gasteiger partial charge in [0.1, 0.15) is 0 Å². The number of anilines is 1. The molecule has 0 atom stereocenters. The minimum absolute atomic E-state index is 0.559. The highest BCUT2D eigenvalue weighted by molar-refractivity contribution is 5.51. The Labute approximate surface area is 103 Å². The molecule has 17 heavy (non-hydrogen) atoms. The average Bonchev–Trinajstić information content (AvgIpc) is 2.38. The van der Waals surface area contributed by atoms with Crippen LogP contribution in [0.15, 0.2) is 18.2 Å². The maximum absolute atomic E-state index is 6.01. The van der Waals surface area contributed by atoms with Gasteiger partial charge in [-0.2, -0.15) is 0 Å². The third-order valence-electron chi connectivity index (χ3n) is 3.31. The molecule has 2 rings (SSSR count). The van der Waals surface area contributed by atoms with Crippen molar-refractivity contribution in [1.29, 1.82) is 0 Å². The van der Waals surface area contributed by atoms with Crippen LogP contribution in [0.1, 0.15) is 11.1 Å². The molecule has 0 aliphatic carbocycles. The molecule has 94 valence electrons. The number of nitrogen functional groups attached to an aromatic ring is 1. The van der Waals surface area contributed by atoms with Gasteiger partial charge in [-0.1, -0.05) is 12.1 Å². The largest absolute Gasteiger partial charge is 0.398 e. The minimum Gasteiger partial charge on any atom is -0.398 e. The van der Waals surface area contributed by atoms with E-state index in [2.05, 4.69) is 11.0 Å². The second kappa shape index (κ2) is 6.00. The first kappa shape index (κ1) is 12.4. The van der Waals surface area contributed by atoms with E-state index < -0.39 is 0 Å². The van der Waals surface area contributed by atoms with Gasteiger partial charge in [-0.15, -0.1) is 0 Å². The first-order valence-corrected chi connectivity index (χ1v) is 6.17. The molecule has 0 spiro atoms. The van der Waals surface area contributed by atoms with Crippen molar-refractivity contribution in [2.45, 2.75) is 13.0 Å². The first-order chi connectivity index (χ1) is 8.31. The first-order valence-electron chi connectivity index (χ1n) is 6.17. The topological polar surface area (TPSA) is 64.5 Å². The highest BCUT2D eigenvalue weighted by atomic mass is 16.5. The zero-order valence-corrected chi connectivity index (χ0v) is 10.2. The molecule has 0 saturated carbocycles. The lowest BCUT2D eigenvalue weighted by atomic mass is 10.0. The lowest BCUT2D eigenvalue weighted by Crippen LogP contribution is -2.37. The zero-order chi connectivity index (χ0) is 12.1. The summed E-state index contributed by atoms with van der Waals surface area (Å²) in [4.78, 5) is 2.41. The van der Waals surface area contributed by atoms with E-state index in [1.165, 1.54) is 11.1 Å². The van der Waals surface area contributed by atoms with Crippen LogP contribution in [0.25, 0.3) is 0 Å². The van der Waals surface area contributed by atoms with E-state index in [9.17, 15) is 0 Å². The van der Waals surface area contributed by atoms with Crippen LogP contribution in [-0.2, 0) is 17.7 Å². The number of morpholine rings is 1. The zero-order valence-electron chi connectivity index (χ0n) is 10.2. The Morgan fingerprint density at radius 2 is 2.00 bits per heavy atom. The van der Waals surface area contributed by atoms with Crippen molar-refractivity contribution in [3.8, 4) is 0 Å². The van der Waals surface area contributed by atoms with E-state index in [1.54, 1.807) is 0 Å². The van der Waals surface area contributed by atoms with Gasteiger partial charge in [-0.25, -0.2) is 0 Å². The molecule has 1 fully saturated rings. The van der Waals surface area contributed by atoms with Gasteiger partial charge in [-0.05, 0) is 23.6 Å². The summed E-state index contributed by atoms with van der Waals surface area (Å²) in [6.07, 6.45) is 0.971. The lowest BCUT2D eigenvalue weighted by molar-refractivity contribution is 0.0384. The van der Waals surface area contributed by atoms with Crippen molar-refractivity contribution >= 4 is 5.69 Å². The Bertz CT molecular complexity index is 362. The monoisotopic (exact) mass is 235 g/mol. The van der Waals surface area contributed by atoms with Crippen molar-refractivity contribution < 1.29 is 4.74 Å². The van der Waals surface area contributed by atoms with Gasteiger partial charge in [-0.3, -0.25) is 4.90 Å². The number of ether oxygens (including phenoxy) is 1. The van der Waals surface area contributed by atoms with Gasteiger partial charge in [0.25, 0.3) is 0 Å². The second-order valence-electron chi connectivity index (χ2n) is 4.39. The molecule has 4 nitrogen and oxygen atoms in total. The summed E-state index contributed by atoms with van der Waals surface area (Å²) < 4.78 is 5.33. The van der Waals surface area contributed by atoms with Crippen molar-refractivity contribution in [3.05, 3.63) is 29.3 Å². The number of benzene rings is 1. The van der Waals surface area contributed by atoms with Crippen molar-refractivity contribution in [3.63, 3.8) is 0 Å². The molecule has 1 aromatic rings. The molecule has 1 heterocycles. The predicted octanol–water partition coefficient (Wildman–Crippen LogP) is 0.602. The molecule has 0 bridgehead atoms. The number of nitrogens with two attached hydrogens (primary N) is 2. The molecule has 1 aromatic carbocycles. The Morgan fingerprint density at radius 3 is 2.71 bits per heavy atom. The Balaban J connectivity index is 1.97. The van der Waals surface area contributed by atoms with Gasteiger partial charge in [0.05, 0.1) is 13.2 Å². The van der Waals surface area contributed by atoms with Crippen LogP contribution >= 0.6 is 0 Å². The molecule has 4 N–H and O–H groups in total. The van der Waals surface area contributed by atoms with Crippen LogP contribution in [-0.4, -0.2) is 37.7 Å². The summed E-state index contributed by atoms with van der Waals surface area (Å²) in [5.74, 6) is 0. The summed E-state index contributed by atoms with van der Waals surface area (Å²) in [5, 5.41) is 0. The normalized spacial score (nSPS) is 17.2. The summed E-state index contributed by atoms with van der Waals surface area (Å²) in [7, 11) is 0. The fraction of sp³-hybridized carbons (Fsp3) is 0.538. The van der Waals surface area contributed by atoms with Crippen molar-refractivity contribution in [1.82, 2.24) is 4.90 Å². The van der Waals surface area contributed by atoms with Crippen LogP contribution in [0.5, 0.6) is 0 Å². The van der Waals surface area contributed by atoms with Crippen LogP contribution in [0.4, 0.5) is 5.69 Å². The molecular formula is C13H21N3O. The lowest BCUT2D eigenvalue weighted by Gasteiger charge is -2.27. The fourth-order valence-electron chi connectivity index (χ4n) is 2.25. The van der Waals surface area contributed by atoms with Crippen LogP contribution in [0.2, 0.25) is 0 Å². The summed E-state index contributed by atoms with van der Waals surface area (Å²) in [5.41, 5.74) is 15.0. The van der Waals surface area contributed by atoms with Gasteiger partial charge >= 0.3 is 0 Å². The van der Waals surface area contributed by atoms with E-state index in [1.807, 2.05) is 12.1 Å². The number of hydrogen-bond acceptors (Lipinski definition) is 4. The molecule has 1 saturated heterocycles. The van der Waals surface area contributed by atoms with E-state index in [-0.39, 0.29) is 0 Å². The summed E-state index contributed by atoms with van der Waals surface area (Å²) >= 11 is 0. The summed E-state index contributed by atoms with van der Waals surface area (Å²) in [6, 6.07) is 5.98. The van der Waals surface area contributed by atoms with Crippen LogP contribution in [0.3, 0.4) is 0 Å². The fourth-order valence-corrected chi connectivity index (χ4v) is 2.25. The molecule has 1 aliphatic rings. The molecule has 0 aromatic heterocycles. The minimum atomic E-state index is 0.559. The Hall–Kier alpha value is -1.10. The SMILES string of the molecule is NCc1cccc(N)c1CCN1CCOCC1. The predicted molar refractivity (Wildman–Crippen MR) is 69.7 cm³/mol. The van der Waals surface area contributed by atoms with Gasteiger partial charge < -0.3 is 16.2 Å². The van der Waals surface area contributed by atoms with Gasteiger partial charge in [0.2, 0.25) is 0 Å². The number of hydrogen-bond donors (Lipinski definition) is 2. The van der Waals surface area contributed by atoms with E-state index in [0.717, 1.165) is 45.0 Å². The van der Waals surface area contributed by atoms with Crippen LogP contribution < -0.4 is 11.5 Å². The van der Waals surface area contributed by atoms with Crippen molar-refractivity contribution in [2.24, 2.45) is 5.73 Å². The molecular weight excluding hydrogens is 214 g/mol. The van der Waals surface area contributed by atoms with Gasteiger partial charge in [0.15, 0.2) is 0 Å². The quantitative estimate of drug-likeness (QED) is 0.750. The molecule has 0 unspecified atom stereocenters.